The summed E-state index contributed by atoms with van der Waals surface area (Å²) in [5, 5.41) is 0.168. The highest BCUT2D eigenvalue weighted by molar-refractivity contribution is 7.90. The van der Waals surface area contributed by atoms with Crippen molar-refractivity contribution in [1.82, 2.24) is 4.72 Å². The van der Waals surface area contributed by atoms with Gasteiger partial charge >= 0.3 is 0 Å². The van der Waals surface area contributed by atoms with Crippen LogP contribution in [-0.2, 0) is 19.9 Å². The minimum absolute atomic E-state index is 0.0791. The number of carbonyl (C=O) groups excluding carboxylic acids is 1. The van der Waals surface area contributed by atoms with Gasteiger partial charge in [-0.3, -0.25) is 4.79 Å². The molecule has 0 spiro atoms. The van der Waals surface area contributed by atoms with Crippen LogP contribution in [0.2, 0.25) is 10.0 Å². The van der Waals surface area contributed by atoms with Crippen LogP contribution in [-0.4, -0.2) is 29.0 Å². The topological polar surface area (TPSA) is 97.4 Å². The summed E-state index contributed by atoms with van der Waals surface area (Å²) in [5.74, 6) is -0.977. The van der Waals surface area contributed by atoms with Crippen molar-refractivity contribution in [2.45, 2.75) is 9.79 Å². The first-order chi connectivity index (χ1) is 11.0. The summed E-state index contributed by atoms with van der Waals surface area (Å²) in [5.41, 5.74) is -0.165. The monoisotopic (exact) mass is 407 g/mol. The van der Waals surface area contributed by atoms with Crippen LogP contribution < -0.4 is 4.72 Å². The Labute approximate surface area is 149 Å². The van der Waals surface area contributed by atoms with E-state index >= 15 is 0 Å². The zero-order valence-corrected chi connectivity index (χ0v) is 15.3. The molecule has 0 saturated heterocycles. The lowest BCUT2D eigenvalue weighted by atomic mass is 10.2. The second-order valence-electron chi connectivity index (χ2n) is 4.80. The average Bonchev–Trinajstić information content (AvgIpc) is 2.46. The third-order valence-corrected chi connectivity index (χ3v) is 5.99. The lowest BCUT2D eigenvalue weighted by molar-refractivity contribution is 0.0981. The molecule has 2 rings (SSSR count). The van der Waals surface area contributed by atoms with E-state index in [4.69, 9.17) is 23.2 Å². The molecular weight excluding hydrogens is 397 g/mol. The van der Waals surface area contributed by atoms with Crippen molar-refractivity contribution < 1.29 is 21.6 Å². The van der Waals surface area contributed by atoms with Gasteiger partial charge in [0.1, 0.15) is 0 Å². The van der Waals surface area contributed by atoms with Crippen LogP contribution in [0.15, 0.2) is 52.3 Å². The molecule has 2 aromatic carbocycles. The number of nitrogens with one attached hydrogen (secondary N) is 1. The Hall–Kier alpha value is -1.61. The first-order valence-corrected chi connectivity index (χ1v) is 10.5. The first kappa shape index (κ1) is 18.7. The lowest BCUT2D eigenvalue weighted by Gasteiger charge is -2.09. The molecule has 0 heterocycles. The molecule has 1 amide bonds. The van der Waals surface area contributed by atoms with E-state index in [1.807, 2.05) is 4.72 Å². The van der Waals surface area contributed by atoms with Crippen LogP contribution in [0.3, 0.4) is 0 Å². The number of benzene rings is 2. The molecule has 0 fully saturated rings. The van der Waals surface area contributed by atoms with Crippen molar-refractivity contribution in [1.29, 1.82) is 0 Å². The first-order valence-electron chi connectivity index (χ1n) is 6.33. The molecule has 0 aliphatic carbocycles. The number of carbonyl (C=O) groups is 1. The summed E-state index contributed by atoms with van der Waals surface area (Å²) in [6.45, 7) is 0. The minimum atomic E-state index is -4.11. The van der Waals surface area contributed by atoms with Gasteiger partial charge in [0.2, 0.25) is 0 Å². The van der Waals surface area contributed by atoms with Gasteiger partial charge < -0.3 is 0 Å². The van der Waals surface area contributed by atoms with Crippen LogP contribution in [0, 0.1) is 0 Å². The summed E-state index contributed by atoms with van der Waals surface area (Å²) >= 11 is 11.6. The molecular formula is C14H11Cl2NO5S2. The molecule has 0 aliphatic heterocycles. The van der Waals surface area contributed by atoms with Crippen LogP contribution in [0.1, 0.15) is 10.4 Å². The third kappa shape index (κ3) is 4.27. The molecule has 0 bridgehead atoms. The molecule has 0 aromatic heterocycles. The van der Waals surface area contributed by atoms with Crippen molar-refractivity contribution in [3.63, 3.8) is 0 Å². The van der Waals surface area contributed by atoms with Crippen LogP contribution in [0.25, 0.3) is 0 Å². The maximum absolute atomic E-state index is 12.2. The van der Waals surface area contributed by atoms with Gasteiger partial charge in [-0.15, -0.1) is 0 Å². The van der Waals surface area contributed by atoms with E-state index in [-0.39, 0.29) is 20.4 Å². The van der Waals surface area contributed by atoms with E-state index < -0.39 is 25.8 Å². The largest absolute Gasteiger partial charge is 0.268 e. The Morgan fingerprint density at radius 1 is 0.917 bits per heavy atom. The molecule has 10 heteroatoms. The van der Waals surface area contributed by atoms with Crippen molar-refractivity contribution in [2.75, 3.05) is 6.26 Å². The smallest absolute Gasteiger partial charge is 0.266 e. The minimum Gasteiger partial charge on any atom is -0.268 e. The van der Waals surface area contributed by atoms with Gasteiger partial charge in [0.15, 0.2) is 9.84 Å². The summed E-state index contributed by atoms with van der Waals surface area (Å²) in [6, 6.07) is 8.62. The van der Waals surface area contributed by atoms with Gasteiger partial charge in [-0.2, -0.15) is 0 Å². The normalized spacial score (nSPS) is 12.0. The number of amides is 1. The molecule has 24 heavy (non-hydrogen) atoms. The van der Waals surface area contributed by atoms with Crippen LogP contribution in [0.4, 0.5) is 0 Å². The van der Waals surface area contributed by atoms with Gasteiger partial charge in [0.25, 0.3) is 15.9 Å². The molecule has 1 N–H and O–H groups in total. The van der Waals surface area contributed by atoms with E-state index in [0.717, 1.165) is 18.4 Å². The average molecular weight is 408 g/mol. The third-order valence-electron chi connectivity index (χ3n) is 2.96. The number of sulfone groups is 1. The van der Waals surface area contributed by atoms with Crippen molar-refractivity contribution in [3.05, 3.63) is 58.1 Å². The van der Waals surface area contributed by atoms with Crippen LogP contribution >= 0.6 is 23.2 Å². The predicted octanol–water partition coefficient (Wildman–Crippen LogP) is 2.52. The molecule has 0 atom stereocenters. The number of hydrogen-bond donors (Lipinski definition) is 1. The summed E-state index contributed by atoms with van der Waals surface area (Å²) in [4.78, 5) is 11.9. The molecule has 0 unspecified atom stereocenters. The van der Waals surface area contributed by atoms with E-state index in [9.17, 15) is 21.6 Å². The highest BCUT2D eigenvalue weighted by Crippen LogP contribution is 2.22. The number of hydrogen-bond acceptors (Lipinski definition) is 5. The van der Waals surface area contributed by atoms with Crippen LogP contribution in [0.5, 0.6) is 0 Å². The molecule has 0 radical (unpaired) electrons. The van der Waals surface area contributed by atoms with Crippen molar-refractivity contribution in [2.24, 2.45) is 0 Å². The van der Waals surface area contributed by atoms with E-state index in [0.29, 0.717) is 5.02 Å². The fourth-order valence-electron chi connectivity index (χ4n) is 1.76. The number of rotatable bonds is 4. The van der Waals surface area contributed by atoms with Crippen molar-refractivity contribution >= 4 is 49.0 Å². The van der Waals surface area contributed by atoms with Gasteiger partial charge in [0.05, 0.1) is 20.4 Å². The maximum atomic E-state index is 12.2. The second-order valence-corrected chi connectivity index (χ2v) is 9.34. The molecule has 6 nitrogen and oxygen atoms in total. The zero-order valence-electron chi connectivity index (χ0n) is 12.2. The highest BCUT2D eigenvalue weighted by atomic mass is 35.5. The Kier molecular flexibility index (Phi) is 5.24. The summed E-state index contributed by atoms with van der Waals surface area (Å²) < 4.78 is 49.0. The lowest BCUT2D eigenvalue weighted by Crippen LogP contribution is -2.30. The van der Waals surface area contributed by atoms with E-state index in [1.165, 1.54) is 30.3 Å². The summed E-state index contributed by atoms with van der Waals surface area (Å²) in [6.07, 6.45) is 0.989. The SMILES string of the molecule is CS(=O)(=O)c1ccc(C(=O)NS(=O)(=O)c2ccc(Cl)cc2)c(Cl)c1. The van der Waals surface area contributed by atoms with E-state index in [2.05, 4.69) is 0 Å². The maximum Gasteiger partial charge on any atom is 0.266 e. The quantitative estimate of drug-likeness (QED) is 0.839. The van der Waals surface area contributed by atoms with Gasteiger partial charge in [-0.05, 0) is 42.5 Å². The standard InChI is InChI=1S/C14H11Cl2NO5S2/c1-23(19,20)11-6-7-12(13(16)8-11)14(18)17-24(21,22)10-4-2-9(15)3-5-10/h2-8H,1H3,(H,17,18). The Balaban J connectivity index is 2.31. The molecule has 0 saturated carbocycles. The van der Waals surface area contributed by atoms with E-state index in [1.54, 1.807) is 0 Å². The molecule has 128 valence electrons. The Morgan fingerprint density at radius 3 is 1.96 bits per heavy atom. The highest BCUT2D eigenvalue weighted by Gasteiger charge is 2.21. The second kappa shape index (κ2) is 6.72. The fourth-order valence-corrected chi connectivity index (χ4v) is 3.83. The summed E-state index contributed by atoms with van der Waals surface area (Å²) in [7, 11) is -7.61. The molecule has 0 aliphatic rings. The Morgan fingerprint density at radius 2 is 1.46 bits per heavy atom. The van der Waals surface area contributed by atoms with Gasteiger partial charge in [-0.25, -0.2) is 21.6 Å². The van der Waals surface area contributed by atoms with Crippen molar-refractivity contribution in [3.8, 4) is 0 Å². The fraction of sp³-hybridized carbons (Fsp3) is 0.0714. The zero-order chi connectivity index (χ0) is 18.1. The Bertz CT molecular complexity index is 1000. The van der Waals surface area contributed by atoms with Gasteiger partial charge in [-0.1, -0.05) is 23.2 Å². The van der Waals surface area contributed by atoms with Gasteiger partial charge in [0, 0.05) is 11.3 Å². The number of sulfonamides is 1. The number of halogens is 2. The predicted molar refractivity (Wildman–Crippen MR) is 90.7 cm³/mol. The molecule has 2 aromatic rings.